The largest absolute Gasteiger partial charge is 0.374 e. The zero-order chi connectivity index (χ0) is 18.7. The third kappa shape index (κ3) is 4.46. The van der Waals surface area contributed by atoms with Crippen molar-refractivity contribution in [2.24, 2.45) is 0 Å². The second-order valence-electron chi connectivity index (χ2n) is 5.43. The zero-order valence-electron chi connectivity index (χ0n) is 13.5. The maximum Gasteiger partial charge on any atom is 0.243 e. The van der Waals surface area contributed by atoms with Crippen molar-refractivity contribution < 1.29 is 13.2 Å². The summed E-state index contributed by atoms with van der Waals surface area (Å²) in [6, 6.07) is 6.07. The van der Waals surface area contributed by atoms with E-state index < -0.39 is 10.0 Å². The van der Waals surface area contributed by atoms with Gasteiger partial charge in [0.1, 0.15) is 0 Å². The zero-order valence-corrected chi connectivity index (χ0v) is 16.7. The lowest BCUT2D eigenvalue weighted by molar-refractivity contribution is -0.129. The van der Waals surface area contributed by atoms with Crippen molar-refractivity contribution in [2.75, 3.05) is 37.7 Å². The van der Waals surface area contributed by atoms with E-state index in [0.29, 0.717) is 27.6 Å². The number of piperazine rings is 1. The fourth-order valence-corrected chi connectivity index (χ4v) is 5.51. The molecule has 1 saturated heterocycles. The Labute approximate surface area is 164 Å². The highest BCUT2D eigenvalue weighted by Crippen LogP contribution is 2.24. The van der Waals surface area contributed by atoms with Gasteiger partial charge in [0.15, 0.2) is 4.34 Å². The fraction of sp³-hybridized carbons (Fsp3) is 0.357. The van der Waals surface area contributed by atoms with Gasteiger partial charge in [0.2, 0.25) is 21.1 Å². The maximum absolute atomic E-state index is 12.6. The molecule has 140 valence electrons. The van der Waals surface area contributed by atoms with Crippen LogP contribution in [0.1, 0.15) is 0 Å². The molecule has 1 aromatic heterocycles. The molecule has 0 spiro atoms. The SMILES string of the molecule is Nc1nnc(SCC(=O)N2CCN(S(=O)(=O)c3ccc(Cl)cc3)CC2)s1. The number of aromatic nitrogens is 2. The molecule has 2 heterocycles. The van der Waals surface area contributed by atoms with Crippen molar-refractivity contribution in [3.63, 3.8) is 0 Å². The number of benzene rings is 1. The lowest BCUT2D eigenvalue weighted by Gasteiger charge is -2.34. The number of thioether (sulfide) groups is 1. The number of amides is 1. The van der Waals surface area contributed by atoms with Gasteiger partial charge in [-0.2, -0.15) is 4.31 Å². The van der Waals surface area contributed by atoms with E-state index in [-0.39, 0.29) is 29.6 Å². The number of nitrogens with two attached hydrogens (primary N) is 1. The van der Waals surface area contributed by atoms with Gasteiger partial charge in [-0.25, -0.2) is 8.42 Å². The first-order valence-electron chi connectivity index (χ1n) is 7.61. The molecule has 1 aromatic carbocycles. The van der Waals surface area contributed by atoms with E-state index in [1.807, 2.05) is 0 Å². The highest BCUT2D eigenvalue weighted by atomic mass is 35.5. The Kier molecular flexibility index (Phi) is 6.03. The van der Waals surface area contributed by atoms with Crippen molar-refractivity contribution >= 4 is 55.8 Å². The molecular formula is C14H16ClN5O3S3. The van der Waals surface area contributed by atoms with Gasteiger partial charge in [0.05, 0.1) is 10.6 Å². The predicted molar refractivity (Wildman–Crippen MR) is 102 cm³/mol. The molecule has 3 rings (SSSR count). The molecule has 2 aromatic rings. The van der Waals surface area contributed by atoms with Gasteiger partial charge in [-0.3, -0.25) is 4.79 Å². The molecule has 12 heteroatoms. The normalized spacial score (nSPS) is 16.0. The Bertz CT molecular complexity index is 879. The number of halogens is 1. The maximum atomic E-state index is 12.6. The molecule has 1 aliphatic heterocycles. The second kappa shape index (κ2) is 8.09. The number of carbonyl (C=O) groups is 1. The first-order chi connectivity index (χ1) is 12.4. The molecule has 1 amide bonds. The summed E-state index contributed by atoms with van der Waals surface area (Å²) in [5, 5.41) is 8.40. The highest BCUT2D eigenvalue weighted by molar-refractivity contribution is 8.01. The van der Waals surface area contributed by atoms with Crippen LogP contribution in [0.25, 0.3) is 0 Å². The number of anilines is 1. The summed E-state index contributed by atoms with van der Waals surface area (Å²) in [5.74, 6) is 0.158. The molecule has 0 aliphatic carbocycles. The van der Waals surface area contributed by atoms with Crippen LogP contribution in [0, 0.1) is 0 Å². The van der Waals surface area contributed by atoms with Crippen LogP contribution in [0.5, 0.6) is 0 Å². The van der Waals surface area contributed by atoms with E-state index in [4.69, 9.17) is 17.3 Å². The van der Waals surface area contributed by atoms with Gasteiger partial charge in [-0.15, -0.1) is 10.2 Å². The van der Waals surface area contributed by atoms with Gasteiger partial charge < -0.3 is 10.6 Å². The molecular weight excluding hydrogens is 418 g/mol. The van der Waals surface area contributed by atoms with E-state index in [1.54, 1.807) is 17.0 Å². The first-order valence-corrected chi connectivity index (χ1v) is 11.2. The Morgan fingerprint density at radius 1 is 1.19 bits per heavy atom. The van der Waals surface area contributed by atoms with E-state index in [1.165, 1.54) is 39.5 Å². The summed E-state index contributed by atoms with van der Waals surface area (Å²) in [6.07, 6.45) is 0. The van der Waals surface area contributed by atoms with Crippen molar-refractivity contribution in [3.05, 3.63) is 29.3 Å². The van der Waals surface area contributed by atoms with Gasteiger partial charge in [-0.05, 0) is 24.3 Å². The highest BCUT2D eigenvalue weighted by Gasteiger charge is 2.30. The van der Waals surface area contributed by atoms with Crippen molar-refractivity contribution in [1.29, 1.82) is 0 Å². The number of hydrogen-bond donors (Lipinski definition) is 1. The minimum Gasteiger partial charge on any atom is -0.374 e. The summed E-state index contributed by atoms with van der Waals surface area (Å²) < 4.78 is 27.3. The number of rotatable bonds is 5. The molecule has 0 bridgehead atoms. The Balaban J connectivity index is 1.54. The van der Waals surface area contributed by atoms with Gasteiger partial charge in [0.25, 0.3) is 0 Å². The molecule has 0 saturated carbocycles. The lowest BCUT2D eigenvalue weighted by atomic mass is 10.3. The fourth-order valence-electron chi connectivity index (χ4n) is 2.43. The minimum absolute atomic E-state index is 0.0627. The lowest BCUT2D eigenvalue weighted by Crippen LogP contribution is -2.50. The molecule has 0 unspecified atom stereocenters. The van der Waals surface area contributed by atoms with E-state index in [0.717, 1.165) is 0 Å². The summed E-state index contributed by atoms with van der Waals surface area (Å²) >= 11 is 8.31. The van der Waals surface area contributed by atoms with Crippen molar-refractivity contribution in [1.82, 2.24) is 19.4 Å². The monoisotopic (exact) mass is 433 g/mol. The van der Waals surface area contributed by atoms with Crippen LogP contribution < -0.4 is 5.73 Å². The molecule has 2 N–H and O–H groups in total. The van der Waals surface area contributed by atoms with E-state index in [2.05, 4.69) is 10.2 Å². The van der Waals surface area contributed by atoms with Gasteiger partial charge in [-0.1, -0.05) is 34.7 Å². The van der Waals surface area contributed by atoms with Gasteiger partial charge >= 0.3 is 0 Å². The smallest absolute Gasteiger partial charge is 0.243 e. The minimum atomic E-state index is -3.58. The number of nitrogen functional groups attached to an aromatic ring is 1. The average Bonchev–Trinajstić information content (AvgIpc) is 3.05. The Morgan fingerprint density at radius 2 is 1.85 bits per heavy atom. The van der Waals surface area contributed by atoms with E-state index in [9.17, 15) is 13.2 Å². The third-order valence-electron chi connectivity index (χ3n) is 3.78. The van der Waals surface area contributed by atoms with Crippen LogP contribution in [0.3, 0.4) is 0 Å². The first kappa shape index (κ1) is 19.4. The summed E-state index contributed by atoms with van der Waals surface area (Å²) in [5.41, 5.74) is 5.51. The van der Waals surface area contributed by atoms with Crippen LogP contribution in [-0.2, 0) is 14.8 Å². The second-order valence-corrected chi connectivity index (χ2v) is 10.0. The topological polar surface area (TPSA) is 109 Å². The molecule has 0 atom stereocenters. The summed E-state index contributed by atoms with van der Waals surface area (Å²) in [4.78, 5) is 14.1. The molecule has 8 nitrogen and oxygen atoms in total. The number of carbonyl (C=O) groups excluding carboxylic acids is 1. The summed E-state index contributed by atoms with van der Waals surface area (Å²) in [7, 11) is -3.58. The Hall–Kier alpha value is -1.40. The van der Waals surface area contributed by atoms with Crippen LogP contribution >= 0.6 is 34.7 Å². The van der Waals surface area contributed by atoms with Crippen LogP contribution in [-0.4, -0.2) is 65.7 Å². The molecule has 0 radical (unpaired) electrons. The predicted octanol–water partition coefficient (Wildman–Crippen LogP) is 1.40. The van der Waals surface area contributed by atoms with Crippen molar-refractivity contribution in [3.8, 4) is 0 Å². The quantitative estimate of drug-likeness (QED) is 0.709. The van der Waals surface area contributed by atoms with Crippen LogP contribution in [0.2, 0.25) is 5.02 Å². The molecule has 1 fully saturated rings. The average molecular weight is 434 g/mol. The van der Waals surface area contributed by atoms with Crippen molar-refractivity contribution in [2.45, 2.75) is 9.24 Å². The third-order valence-corrected chi connectivity index (χ3v) is 7.82. The van der Waals surface area contributed by atoms with Crippen LogP contribution in [0.4, 0.5) is 5.13 Å². The number of nitrogens with zero attached hydrogens (tertiary/aromatic N) is 4. The van der Waals surface area contributed by atoms with Crippen LogP contribution in [0.15, 0.2) is 33.5 Å². The Morgan fingerprint density at radius 3 is 2.42 bits per heavy atom. The number of hydrogen-bond acceptors (Lipinski definition) is 8. The molecule has 1 aliphatic rings. The van der Waals surface area contributed by atoms with E-state index >= 15 is 0 Å². The number of sulfonamides is 1. The van der Waals surface area contributed by atoms with Gasteiger partial charge in [0, 0.05) is 31.2 Å². The molecule has 26 heavy (non-hydrogen) atoms. The standard InChI is InChI=1S/C14H16ClN5O3S3/c15-10-1-3-11(4-2-10)26(22,23)20-7-5-19(6-8-20)12(21)9-24-14-18-17-13(16)25-14/h1-4H,5-9H2,(H2,16,17). The summed E-state index contributed by atoms with van der Waals surface area (Å²) in [6.45, 7) is 1.22.